The number of aliphatic hydroxyl groups is 1. The monoisotopic (exact) mass is 218 g/mol. The maximum Gasteiger partial charge on any atom is 0.0902 e. The number of rotatable bonds is 2. The molecule has 62 valence electrons. The molecule has 0 unspecified atom stereocenters. The second kappa shape index (κ2) is 3.38. The Hall–Kier alpha value is -0.320. The molecule has 11 heavy (non-hydrogen) atoms. The van der Waals surface area contributed by atoms with Crippen LogP contribution in [0, 0.1) is 0 Å². The SMILES string of the molecule is Cn1c(CN)cc(CO)c1Br. The van der Waals surface area contributed by atoms with Crippen molar-refractivity contribution in [1.82, 2.24) is 4.57 Å². The van der Waals surface area contributed by atoms with E-state index >= 15 is 0 Å². The Morgan fingerprint density at radius 2 is 2.36 bits per heavy atom. The number of nitrogens with zero attached hydrogens (tertiary/aromatic N) is 1. The van der Waals surface area contributed by atoms with Crippen molar-refractivity contribution < 1.29 is 5.11 Å². The van der Waals surface area contributed by atoms with Crippen molar-refractivity contribution in [1.29, 1.82) is 0 Å². The predicted molar refractivity (Wildman–Crippen MR) is 46.9 cm³/mol. The molecular weight excluding hydrogens is 208 g/mol. The van der Waals surface area contributed by atoms with Crippen molar-refractivity contribution in [3.05, 3.63) is 21.9 Å². The standard InChI is InChI=1S/C7H11BrN2O/c1-10-6(3-9)2-5(4-11)7(10)8/h2,11H,3-4,9H2,1H3. The molecule has 0 saturated carbocycles. The van der Waals surface area contributed by atoms with Crippen LogP contribution >= 0.6 is 15.9 Å². The Bertz CT molecular complexity index is 233. The Kier molecular flexibility index (Phi) is 2.70. The summed E-state index contributed by atoms with van der Waals surface area (Å²) in [4.78, 5) is 0. The molecular formula is C7H11BrN2O. The highest BCUT2D eigenvalue weighted by Gasteiger charge is 2.06. The van der Waals surface area contributed by atoms with Gasteiger partial charge in [0.1, 0.15) is 0 Å². The van der Waals surface area contributed by atoms with E-state index in [0.29, 0.717) is 6.54 Å². The van der Waals surface area contributed by atoms with Crippen molar-refractivity contribution in [3.63, 3.8) is 0 Å². The molecule has 0 saturated heterocycles. The van der Waals surface area contributed by atoms with Gasteiger partial charge in [-0.05, 0) is 22.0 Å². The zero-order valence-electron chi connectivity index (χ0n) is 6.34. The van der Waals surface area contributed by atoms with E-state index < -0.39 is 0 Å². The van der Waals surface area contributed by atoms with Gasteiger partial charge in [0.05, 0.1) is 11.2 Å². The van der Waals surface area contributed by atoms with E-state index in [1.54, 1.807) is 0 Å². The van der Waals surface area contributed by atoms with E-state index in [4.69, 9.17) is 10.8 Å². The number of hydrogen-bond donors (Lipinski definition) is 2. The minimum absolute atomic E-state index is 0.0500. The quantitative estimate of drug-likeness (QED) is 0.770. The molecule has 1 aromatic heterocycles. The van der Waals surface area contributed by atoms with E-state index in [1.807, 2.05) is 17.7 Å². The third-order valence-electron chi connectivity index (χ3n) is 1.71. The second-order valence-electron chi connectivity index (χ2n) is 2.37. The van der Waals surface area contributed by atoms with E-state index in [2.05, 4.69) is 15.9 Å². The van der Waals surface area contributed by atoms with Crippen LogP contribution in [0.5, 0.6) is 0 Å². The summed E-state index contributed by atoms with van der Waals surface area (Å²) in [7, 11) is 1.91. The van der Waals surface area contributed by atoms with Crippen LogP contribution in [0.25, 0.3) is 0 Å². The third-order valence-corrected chi connectivity index (χ3v) is 2.75. The summed E-state index contributed by atoms with van der Waals surface area (Å²) in [5, 5.41) is 8.87. The van der Waals surface area contributed by atoms with Crippen LogP contribution in [0.2, 0.25) is 0 Å². The summed E-state index contributed by atoms with van der Waals surface area (Å²) in [5.41, 5.74) is 7.36. The van der Waals surface area contributed by atoms with Crippen LogP contribution < -0.4 is 5.73 Å². The first-order valence-electron chi connectivity index (χ1n) is 3.34. The van der Waals surface area contributed by atoms with Gasteiger partial charge in [-0.25, -0.2) is 0 Å². The highest BCUT2D eigenvalue weighted by molar-refractivity contribution is 9.10. The first-order valence-corrected chi connectivity index (χ1v) is 4.14. The molecule has 4 heteroatoms. The van der Waals surface area contributed by atoms with Crippen LogP contribution in [0.4, 0.5) is 0 Å². The lowest BCUT2D eigenvalue weighted by atomic mass is 10.3. The fourth-order valence-electron chi connectivity index (χ4n) is 1.01. The summed E-state index contributed by atoms with van der Waals surface area (Å²) in [6, 6.07) is 1.89. The van der Waals surface area contributed by atoms with E-state index in [9.17, 15) is 0 Å². The van der Waals surface area contributed by atoms with Crippen LogP contribution in [0.1, 0.15) is 11.3 Å². The molecule has 0 amide bonds. The molecule has 3 N–H and O–H groups in total. The molecule has 3 nitrogen and oxygen atoms in total. The zero-order valence-corrected chi connectivity index (χ0v) is 7.93. The van der Waals surface area contributed by atoms with Gasteiger partial charge in [-0.3, -0.25) is 0 Å². The first-order chi connectivity index (χ1) is 5.20. The number of halogens is 1. The summed E-state index contributed by atoms with van der Waals surface area (Å²) < 4.78 is 2.83. The van der Waals surface area contributed by atoms with Gasteiger partial charge in [0.2, 0.25) is 0 Å². The maximum absolute atomic E-state index is 8.87. The lowest BCUT2D eigenvalue weighted by Gasteiger charge is -1.99. The van der Waals surface area contributed by atoms with E-state index in [1.165, 1.54) is 0 Å². The Morgan fingerprint density at radius 1 is 1.73 bits per heavy atom. The van der Waals surface area contributed by atoms with Crippen LogP contribution in [0.15, 0.2) is 10.7 Å². The van der Waals surface area contributed by atoms with Gasteiger partial charge in [-0.1, -0.05) is 0 Å². The average molecular weight is 219 g/mol. The second-order valence-corrected chi connectivity index (χ2v) is 3.12. The molecule has 0 aliphatic rings. The van der Waals surface area contributed by atoms with Gasteiger partial charge in [0, 0.05) is 24.8 Å². The molecule has 0 bridgehead atoms. The summed E-state index contributed by atoms with van der Waals surface area (Å²) in [5.74, 6) is 0. The summed E-state index contributed by atoms with van der Waals surface area (Å²) in [6.07, 6.45) is 0. The highest BCUT2D eigenvalue weighted by Crippen LogP contribution is 2.20. The van der Waals surface area contributed by atoms with Crippen LogP contribution in [-0.2, 0) is 20.2 Å². The highest BCUT2D eigenvalue weighted by atomic mass is 79.9. The van der Waals surface area contributed by atoms with Crippen molar-refractivity contribution in [2.75, 3.05) is 0 Å². The molecule has 0 spiro atoms. The van der Waals surface area contributed by atoms with Gasteiger partial charge < -0.3 is 15.4 Å². The number of nitrogens with two attached hydrogens (primary N) is 1. The molecule has 0 aliphatic carbocycles. The average Bonchev–Trinajstić information content (AvgIpc) is 2.30. The largest absolute Gasteiger partial charge is 0.392 e. The Balaban J connectivity index is 3.12. The Morgan fingerprint density at radius 3 is 2.64 bits per heavy atom. The molecule has 0 aromatic carbocycles. The van der Waals surface area contributed by atoms with Crippen molar-refractivity contribution >= 4 is 15.9 Å². The zero-order chi connectivity index (χ0) is 8.43. The number of aliphatic hydroxyl groups excluding tert-OH is 1. The maximum atomic E-state index is 8.87. The summed E-state index contributed by atoms with van der Waals surface area (Å²) in [6.45, 7) is 0.545. The lowest BCUT2D eigenvalue weighted by Crippen LogP contribution is -2.02. The molecule has 1 rings (SSSR count). The van der Waals surface area contributed by atoms with Gasteiger partial charge in [-0.15, -0.1) is 0 Å². The first kappa shape index (κ1) is 8.77. The lowest BCUT2D eigenvalue weighted by molar-refractivity contribution is 0.281. The summed E-state index contributed by atoms with van der Waals surface area (Å²) >= 11 is 3.35. The molecule has 0 atom stereocenters. The van der Waals surface area contributed by atoms with Gasteiger partial charge in [0.25, 0.3) is 0 Å². The minimum atomic E-state index is 0.0500. The van der Waals surface area contributed by atoms with Crippen molar-refractivity contribution in [3.8, 4) is 0 Å². The molecule has 1 heterocycles. The van der Waals surface area contributed by atoms with Crippen LogP contribution in [-0.4, -0.2) is 9.67 Å². The third kappa shape index (κ3) is 1.47. The topological polar surface area (TPSA) is 51.2 Å². The van der Waals surface area contributed by atoms with E-state index in [0.717, 1.165) is 15.9 Å². The molecule has 0 aliphatic heterocycles. The van der Waals surface area contributed by atoms with Crippen LogP contribution in [0.3, 0.4) is 0 Å². The number of aromatic nitrogens is 1. The minimum Gasteiger partial charge on any atom is -0.392 e. The number of hydrogen-bond acceptors (Lipinski definition) is 2. The molecule has 0 radical (unpaired) electrons. The van der Waals surface area contributed by atoms with Gasteiger partial charge in [-0.2, -0.15) is 0 Å². The smallest absolute Gasteiger partial charge is 0.0902 e. The normalized spacial score (nSPS) is 10.5. The fraction of sp³-hybridized carbons (Fsp3) is 0.429. The fourth-order valence-corrected chi connectivity index (χ4v) is 1.47. The predicted octanol–water partition coefficient (Wildman–Crippen LogP) is 0.739. The Labute approximate surface area is 73.9 Å². The van der Waals surface area contributed by atoms with Crippen molar-refractivity contribution in [2.45, 2.75) is 13.2 Å². The van der Waals surface area contributed by atoms with Crippen molar-refractivity contribution in [2.24, 2.45) is 12.8 Å². The molecule has 1 aromatic rings. The van der Waals surface area contributed by atoms with E-state index in [-0.39, 0.29) is 6.61 Å². The van der Waals surface area contributed by atoms with Gasteiger partial charge in [0.15, 0.2) is 0 Å². The van der Waals surface area contributed by atoms with Gasteiger partial charge >= 0.3 is 0 Å². The molecule has 0 fully saturated rings.